The minimum atomic E-state index is -0.340. The van der Waals surface area contributed by atoms with E-state index in [9.17, 15) is 9.59 Å². The number of benzene rings is 2. The number of amides is 2. The van der Waals surface area contributed by atoms with Crippen molar-refractivity contribution in [1.29, 1.82) is 0 Å². The van der Waals surface area contributed by atoms with Gasteiger partial charge in [-0.05, 0) is 48.5 Å². The molecule has 1 aromatic heterocycles. The van der Waals surface area contributed by atoms with Gasteiger partial charge in [-0.25, -0.2) is 0 Å². The van der Waals surface area contributed by atoms with E-state index >= 15 is 0 Å². The van der Waals surface area contributed by atoms with Gasteiger partial charge in [0.1, 0.15) is 5.56 Å². The van der Waals surface area contributed by atoms with Crippen molar-refractivity contribution in [1.82, 2.24) is 9.78 Å². The molecule has 0 radical (unpaired) electrons. The average molecular weight is 393 g/mol. The quantitative estimate of drug-likeness (QED) is 0.672. The SMILES string of the molecule is COc1nn(C)cc1C(=O)Nc1ccc(C(=O)Nc2ccc(N(C)C)cc2)cc1. The number of aromatic nitrogens is 2. The molecule has 3 aromatic rings. The predicted octanol–water partition coefficient (Wildman–Crippen LogP) is 3.00. The number of carbonyl (C=O) groups excluding carboxylic acids is 2. The lowest BCUT2D eigenvalue weighted by Gasteiger charge is -2.13. The maximum atomic E-state index is 12.4. The van der Waals surface area contributed by atoms with Crippen LogP contribution in [0, 0.1) is 0 Å². The van der Waals surface area contributed by atoms with Crippen molar-refractivity contribution in [3.8, 4) is 5.88 Å². The molecular weight excluding hydrogens is 370 g/mol. The van der Waals surface area contributed by atoms with Crippen LogP contribution < -0.4 is 20.3 Å². The summed E-state index contributed by atoms with van der Waals surface area (Å²) in [6, 6.07) is 14.2. The number of nitrogens with one attached hydrogen (secondary N) is 2. The third-order valence-electron chi connectivity index (χ3n) is 4.28. The Morgan fingerprint density at radius 1 is 0.931 bits per heavy atom. The van der Waals surface area contributed by atoms with Gasteiger partial charge in [-0.1, -0.05) is 0 Å². The van der Waals surface area contributed by atoms with Crippen molar-refractivity contribution in [3.63, 3.8) is 0 Å². The van der Waals surface area contributed by atoms with Gasteiger partial charge >= 0.3 is 0 Å². The number of hydrogen-bond donors (Lipinski definition) is 2. The number of aryl methyl sites for hydroxylation is 1. The van der Waals surface area contributed by atoms with Gasteiger partial charge in [-0.15, -0.1) is 5.10 Å². The Bertz CT molecular complexity index is 1010. The van der Waals surface area contributed by atoms with E-state index in [-0.39, 0.29) is 17.7 Å². The van der Waals surface area contributed by atoms with Crippen molar-refractivity contribution < 1.29 is 14.3 Å². The highest BCUT2D eigenvalue weighted by Crippen LogP contribution is 2.19. The van der Waals surface area contributed by atoms with Crippen molar-refractivity contribution >= 4 is 28.9 Å². The number of methoxy groups -OCH3 is 1. The molecule has 0 aliphatic carbocycles. The number of hydrogen-bond acceptors (Lipinski definition) is 5. The molecule has 0 spiro atoms. The summed E-state index contributed by atoms with van der Waals surface area (Å²) in [6.07, 6.45) is 1.58. The lowest BCUT2D eigenvalue weighted by atomic mass is 10.1. The lowest BCUT2D eigenvalue weighted by molar-refractivity contribution is 0.101. The van der Waals surface area contributed by atoms with Crippen molar-refractivity contribution in [3.05, 3.63) is 65.9 Å². The molecule has 0 aliphatic rings. The first kappa shape index (κ1) is 19.9. The fourth-order valence-corrected chi connectivity index (χ4v) is 2.72. The van der Waals surface area contributed by atoms with E-state index in [1.54, 1.807) is 37.5 Å². The number of nitrogens with zero attached hydrogens (tertiary/aromatic N) is 3. The standard InChI is InChI=1S/C21H23N5O3/c1-25(2)17-11-9-16(10-12-17)22-19(27)14-5-7-15(8-6-14)23-20(28)18-13-26(3)24-21(18)29-4/h5-13H,1-4H3,(H,22,27)(H,23,28). The summed E-state index contributed by atoms with van der Waals surface area (Å²) in [5.41, 5.74) is 3.14. The summed E-state index contributed by atoms with van der Waals surface area (Å²) < 4.78 is 6.61. The average Bonchev–Trinajstić information content (AvgIpc) is 3.10. The molecule has 1 heterocycles. The van der Waals surface area contributed by atoms with Crippen LogP contribution in [0.2, 0.25) is 0 Å². The van der Waals surface area contributed by atoms with E-state index in [2.05, 4.69) is 15.7 Å². The molecule has 8 nitrogen and oxygen atoms in total. The van der Waals surface area contributed by atoms with E-state index in [0.29, 0.717) is 22.5 Å². The number of rotatable bonds is 6. The van der Waals surface area contributed by atoms with Gasteiger partial charge in [-0.2, -0.15) is 0 Å². The fourth-order valence-electron chi connectivity index (χ4n) is 2.72. The number of carbonyl (C=O) groups is 2. The Hall–Kier alpha value is -3.81. The molecule has 0 unspecified atom stereocenters. The van der Waals surface area contributed by atoms with Crippen LogP contribution in [0.25, 0.3) is 0 Å². The van der Waals surface area contributed by atoms with Gasteiger partial charge in [0.15, 0.2) is 0 Å². The maximum Gasteiger partial charge on any atom is 0.262 e. The van der Waals surface area contributed by atoms with Crippen LogP contribution in [0.4, 0.5) is 17.1 Å². The van der Waals surface area contributed by atoms with Gasteiger partial charge in [0.2, 0.25) is 5.88 Å². The largest absolute Gasteiger partial charge is 0.479 e. The Balaban J connectivity index is 1.64. The molecule has 150 valence electrons. The summed E-state index contributed by atoms with van der Waals surface area (Å²) in [5, 5.41) is 9.69. The van der Waals surface area contributed by atoms with Crippen molar-refractivity contribution in [2.45, 2.75) is 0 Å². The van der Waals surface area contributed by atoms with Crippen molar-refractivity contribution in [2.24, 2.45) is 7.05 Å². The smallest absolute Gasteiger partial charge is 0.262 e. The number of ether oxygens (including phenoxy) is 1. The van der Waals surface area contributed by atoms with Crippen LogP contribution >= 0.6 is 0 Å². The minimum Gasteiger partial charge on any atom is -0.479 e. The van der Waals surface area contributed by atoms with Crippen LogP contribution in [-0.2, 0) is 7.05 Å². The van der Waals surface area contributed by atoms with Gasteiger partial charge in [-0.3, -0.25) is 14.3 Å². The Kier molecular flexibility index (Phi) is 5.82. The van der Waals surface area contributed by atoms with Gasteiger partial charge in [0.25, 0.3) is 11.8 Å². The Morgan fingerprint density at radius 2 is 1.48 bits per heavy atom. The van der Waals surface area contributed by atoms with Gasteiger partial charge in [0, 0.05) is 50.0 Å². The minimum absolute atomic E-state index is 0.227. The number of anilines is 3. The third kappa shape index (κ3) is 4.73. The van der Waals surface area contributed by atoms with Crippen LogP contribution in [0.1, 0.15) is 20.7 Å². The first-order valence-corrected chi connectivity index (χ1v) is 8.95. The highest BCUT2D eigenvalue weighted by Gasteiger charge is 2.16. The molecule has 8 heteroatoms. The highest BCUT2D eigenvalue weighted by molar-refractivity contribution is 6.07. The van der Waals surface area contributed by atoms with Crippen LogP contribution in [0.3, 0.4) is 0 Å². The molecule has 0 fully saturated rings. The first-order valence-electron chi connectivity index (χ1n) is 8.95. The summed E-state index contributed by atoms with van der Waals surface area (Å²) in [6.45, 7) is 0. The summed E-state index contributed by atoms with van der Waals surface area (Å²) in [7, 11) is 7.08. The van der Waals surface area contributed by atoms with Gasteiger partial charge < -0.3 is 20.3 Å². The molecule has 0 bridgehead atoms. The predicted molar refractivity (Wildman–Crippen MR) is 113 cm³/mol. The lowest BCUT2D eigenvalue weighted by Crippen LogP contribution is -2.14. The fraction of sp³-hybridized carbons (Fsp3) is 0.190. The molecule has 0 saturated heterocycles. The second-order valence-electron chi connectivity index (χ2n) is 6.65. The molecule has 2 N–H and O–H groups in total. The molecule has 0 aliphatic heterocycles. The van der Waals surface area contributed by atoms with E-state index < -0.39 is 0 Å². The zero-order chi connectivity index (χ0) is 21.0. The summed E-state index contributed by atoms with van der Waals surface area (Å²) in [4.78, 5) is 26.8. The topological polar surface area (TPSA) is 88.5 Å². The molecule has 0 atom stereocenters. The second kappa shape index (κ2) is 8.47. The zero-order valence-corrected chi connectivity index (χ0v) is 16.8. The molecule has 2 amide bonds. The van der Waals surface area contributed by atoms with E-state index in [0.717, 1.165) is 5.69 Å². The zero-order valence-electron chi connectivity index (χ0n) is 16.8. The monoisotopic (exact) mass is 393 g/mol. The first-order chi connectivity index (χ1) is 13.9. The summed E-state index contributed by atoms with van der Waals surface area (Å²) in [5.74, 6) is -0.316. The van der Waals surface area contributed by atoms with Crippen LogP contribution in [0.5, 0.6) is 5.88 Å². The highest BCUT2D eigenvalue weighted by atomic mass is 16.5. The van der Waals surface area contributed by atoms with Crippen molar-refractivity contribution in [2.75, 3.05) is 36.7 Å². The maximum absolute atomic E-state index is 12.4. The van der Waals surface area contributed by atoms with Gasteiger partial charge in [0.05, 0.1) is 7.11 Å². The third-order valence-corrected chi connectivity index (χ3v) is 4.28. The van der Waals surface area contributed by atoms with E-state index in [1.807, 2.05) is 43.3 Å². The Morgan fingerprint density at radius 3 is 2.03 bits per heavy atom. The molecule has 29 heavy (non-hydrogen) atoms. The van der Waals surface area contributed by atoms with Crippen LogP contribution in [0.15, 0.2) is 54.7 Å². The Labute approximate surface area is 169 Å². The van der Waals surface area contributed by atoms with E-state index in [4.69, 9.17) is 4.74 Å². The molecule has 2 aromatic carbocycles. The molecule has 3 rings (SSSR count). The van der Waals surface area contributed by atoms with E-state index in [1.165, 1.54) is 11.8 Å². The summed E-state index contributed by atoms with van der Waals surface area (Å²) >= 11 is 0. The normalized spacial score (nSPS) is 10.3. The molecule has 0 saturated carbocycles. The molecular formula is C21H23N5O3. The second-order valence-corrected chi connectivity index (χ2v) is 6.65. The van der Waals surface area contributed by atoms with Crippen LogP contribution in [-0.4, -0.2) is 42.8 Å².